The molecule has 0 bridgehead atoms. The van der Waals surface area contributed by atoms with Gasteiger partial charge in [0.2, 0.25) is 10.0 Å². The third-order valence-electron chi connectivity index (χ3n) is 5.20. The second-order valence-electron chi connectivity index (χ2n) is 7.24. The lowest BCUT2D eigenvalue weighted by Gasteiger charge is -2.15. The van der Waals surface area contributed by atoms with Gasteiger partial charge in [0.1, 0.15) is 22.7 Å². The van der Waals surface area contributed by atoms with E-state index in [9.17, 15) is 13.2 Å². The van der Waals surface area contributed by atoms with Gasteiger partial charge in [-0.2, -0.15) is 4.31 Å². The minimum Gasteiger partial charge on any atom is -0.347 e. The van der Waals surface area contributed by atoms with Crippen LogP contribution in [0.15, 0.2) is 60.0 Å². The van der Waals surface area contributed by atoms with E-state index in [0.29, 0.717) is 25.5 Å². The van der Waals surface area contributed by atoms with Gasteiger partial charge in [0, 0.05) is 32.0 Å². The Kier molecular flexibility index (Phi) is 5.65. The summed E-state index contributed by atoms with van der Waals surface area (Å²) in [5.41, 5.74) is 2.41. The monoisotopic (exact) mass is 425 g/mol. The van der Waals surface area contributed by atoms with Crippen LogP contribution in [0.1, 0.15) is 34.5 Å². The zero-order valence-corrected chi connectivity index (χ0v) is 17.5. The number of benzene rings is 1. The van der Waals surface area contributed by atoms with E-state index >= 15 is 0 Å². The molecule has 1 N–H and O–H groups in total. The molecule has 1 aliphatic rings. The summed E-state index contributed by atoms with van der Waals surface area (Å²) in [6.45, 7) is 3.51. The molecule has 1 saturated heterocycles. The van der Waals surface area contributed by atoms with Gasteiger partial charge in [-0.15, -0.1) is 0 Å². The standard InChI is InChI=1S/C21H23N5O3S/c1-16-6-2-3-7-17(16)12-23-21(27)19-14-25(15-24-19)20-9-8-18(13-22-20)30(28,29)26-10-4-5-11-26/h2-3,6-9,13-15H,4-5,10-12H2,1H3,(H,23,27). The number of aromatic nitrogens is 3. The largest absolute Gasteiger partial charge is 0.347 e. The number of rotatable bonds is 6. The molecule has 0 spiro atoms. The Bertz CT molecular complexity index is 1150. The number of nitrogens with zero attached hydrogens (tertiary/aromatic N) is 4. The summed E-state index contributed by atoms with van der Waals surface area (Å²) in [6, 6.07) is 11.0. The second kappa shape index (κ2) is 8.37. The number of aryl methyl sites for hydroxylation is 1. The summed E-state index contributed by atoms with van der Waals surface area (Å²) in [5.74, 6) is 0.200. The third kappa shape index (κ3) is 4.12. The minimum absolute atomic E-state index is 0.171. The van der Waals surface area contributed by atoms with Crippen LogP contribution in [0.4, 0.5) is 0 Å². The maximum Gasteiger partial charge on any atom is 0.271 e. The lowest BCUT2D eigenvalue weighted by molar-refractivity contribution is 0.0946. The molecule has 4 rings (SSSR count). The molecular formula is C21H23N5O3S. The van der Waals surface area contributed by atoms with Gasteiger partial charge >= 0.3 is 0 Å². The lowest BCUT2D eigenvalue weighted by Crippen LogP contribution is -2.27. The molecule has 2 aromatic heterocycles. The molecule has 0 radical (unpaired) electrons. The highest BCUT2D eigenvalue weighted by Gasteiger charge is 2.27. The number of carbonyl (C=O) groups is 1. The molecule has 3 heterocycles. The first-order valence-corrected chi connectivity index (χ1v) is 11.2. The fourth-order valence-corrected chi connectivity index (χ4v) is 4.86. The van der Waals surface area contributed by atoms with Crippen LogP contribution in [0, 0.1) is 6.92 Å². The topological polar surface area (TPSA) is 97.2 Å². The van der Waals surface area contributed by atoms with E-state index in [1.165, 1.54) is 22.9 Å². The number of nitrogens with one attached hydrogen (secondary N) is 1. The lowest BCUT2D eigenvalue weighted by atomic mass is 10.1. The average molecular weight is 426 g/mol. The number of sulfonamides is 1. The van der Waals surface area contributed by atoms with Gasteiger partial charge in [-0.05, 0) is 43.0 Å². The number of carbonyl (C=O) groups excluding carboxylic acids is 1. The van der Waals surface area contributed by atoms with Gasteiger partial charge in [-0.3, -0.25) is 9.36 Å². The van der Waals surface area contributed by atoms with Crippen molar-refractivity contribution in [3.63, 3.8) is 0 Å². The predicted octanol–water partition coefficient (Wildman–Crippen LogP) is 2.29. The van der Waals surface area contributed by atoms with Gasteiger partial charge in [0.25, 0.3) is 5.91 Å². The number of imidazole rings is 1. The third-order valence-corrected chi connectivity index (χ3v) is 7.09. The predicted molar refractivity (Wildman–Crippen MR) is 112 cm³/mol. The van der Waals surface area contributed by atoms with Crippen molar-refractivity contribution in [1.29, 1.82) is 0 Å². The van der Waals surface area contributed by atoms with Crippen molar-refractivity contribution in [2.45, 2.75) is 31.2 Å². The highest BCUT2D eigenvalue weighted by atomic mass is 32.2. The molecule has 1 fully saturated rings. The van der Waals surface area contributed by atoms with Crippen molar-refractivity contribution < 1.29 is 13.2 Å². The van der Waals surface area contributed by atoms with Crippen LogP contribution in [0.2, 0.25) is 0 Å². The van der Waals surface area contributed by atoms with Crippen molar-refractivity contribution in [3.8, 4) is 5.82 Å². The summed E-state index contributed by atoms with van der Waals surface area (Å²) in [6.07, 6.45) is 6.17. The van der Waals surface area contributed by atoms with Crippen LogP contribution in [0.25, 0.3) is 5.82 Å². The van der Waals surface area contributed by atoms with E-state index < -0.39 is 10.0 Å². The molecule has 1 aliphatic heterocycles. The van der Waals surface area contributed by atoms with Crippen molar-refractivity contribution in [3.05, 3.63) is 71.9 Å². The van der Waals surface area contributed by atoms with E-state index in [2.05, 4.69) is 15.3 Å². The molecule has 0 unspecified atom stereocenters. The Morgan fingerprint density at radius 3 is 2.57 bits per heavy atom. The van der Waals surface area contributed by atoms with Crippen molar-refractivity contribution in [1.82, 2.24) is 24.2 Å². The second-order valence-corrected chi connectivity index (χ2v) is 9.18. The Balaban J connectivity index is 1.44. The molecule has 30 heavy (non-hydrogen) atoms. The van der Waals surface area contributed by atoms with Crippen LogP contribution >= 0.6 is 0 Å². The molecule has 8 nitrogen and oxygen atoms in total. The van der Waals surface area contributed by atoms with Crippen molar-refractivity contribution in [2.24, 2.45) is 0 Å². The van der Waals surface area contributed by atoms with Gasteiger partial charge in [0.15, 0.2) is 0 Å². The molecule has 0 saturated carbocycles. The fourth-order valence-electron chi connectivity index (χ4n) is 3.40. The zero-order chi connectivity index (χ0) is 21.1. The van der Waals surface area contributed by atoms with E-state index in [4.69, 9.17) is 0 Å². The Labute approximate surface area is 175 Å². The van der Waals surface area contributed by atoms with Crippen LogP contribution in [-0.2, 0) is 16.6 Å². The molecular weight excluding hydrogens is 402 g/mol. The minimum atomic E-state index is -3.50. The molecule has 156 valence electrons. The van der Waals surface area contributed by atoms with Gasteiger partial charge in [0.05, 0.1) is 0 Å². The van der Waals surface area contributed by atoms with Crippen molar-refractivity contribution in [2.75, 3.05) is 13.1 Å². The summed E-state index contributed by atoms with van der Waals surface area (Å²) in [5, 5.41) is 2.86. The van der Waals surface area contributed by atoms with E-state index in [1.807, 2.05) is 31.2 Å². The molecule has 1 aromatic carbocycles. The first-order chi connectivity index (χ1) is 14.4. The van der Waals surface area contributed by atoms with E-state index in [-0.39, 0.29) is 16.5 Å². The summed E-state index contributed by atoms with van der Waals surface area (Å²) >= 11 is 0. The maximum absolute atomic E-state index is 12.6. The normalized spacial score (nSPS) is 14.7. The SMILES string of the molecule is Cc1ccccc1CNC(=O)c1cn(-c2ccc(S(=O)(=O)N3CCCC3)cn2)cn1. The number of hydrogen-bond donors (Lipinski definition) is 1. The van der Waals surface area contributed by atoms with Gasteiger partial charge in [-0.1, -0.05) is 24.3 Å². The van der Waals surface area contributed by atoms with E-state index in [1.54, 1.807) is 16.8 Å². The average Bonchev–Trinajstić information content (AvgIpc) is 3.46. The number of amides is 1. The summed E-state index contributed by atoms with van der Waals surface area (Å²) < 4.78 is 28.3. The highest BCUT2D eigenvalue weighted by Crippen LogP contribution is 2.20. The molecule has 3 aromatic rings. The van der Waals surface area contributed by atoms with Crippen molar-refractivity contribution >= 4 is 15.9 Å². The Hall–Kier alpha value is -3.04. The van der Waals surface area contributed by atoms with Gasteiger partial charge < -0.3 is 5.32 Å². The quantitative estimate of drug-likeness (QED) is 0.654. The highest BCUT2D eigenvalue weighted by molar-refractivity contribution is 7.89. The molecule has 0 atom stereocenters. The zero-order valence-electron chi connectivity index (χ0n) is 16.7. The molecule has 0 aliphatic carbocycles. The smallest absolute Gasteiger partial charge is 0.271 e. The van der Waals surface area contributed by atoms with E-state index in [0.717, 1.165) is 24.0 Å². The summed E-state index contributed by atoms with van der Waals surface area (Å²) in [7, 11) is -3.50. The first-order valence-electron chi connectivity index (χ1n) is 9.78. The first kappa shape index (κ1) is 20.2. The number of hydrogen-bond acceptors (Lipinski definition) is 5. The molecule has 1 amide bonds. The van der Waals surface area contributed by atoms with Crippen LogP contribution in [0.3, 0.4) is 0 Å². The number of pyridine rings is 1. The summed E-state index contributed by atoms with van der Waals surface area (Å²) in [4.78, 5) is 21.0. The maximum atomic E-state index is 12.6. The Morgan fingerprint density at radius 2 is 1.87 bits per heavy atom. The molecule has 9 heteroatoms. The van der Waals surface area contributed by atoms with Crippen LogP contribution in [-0.4, -0.2) is 46.3 Å². The Morgan fingerprint density at radius 1 is 1.10 bits per heavy atom. The van der Waals surface area contributed by atoms with Gasteiger partial charge in [-0.25, -0.2) is 18.4 Å². The van der Waals surface area contributed by atoms with Crippen LogP contribution < -0.4 is 5.32 Å². The van der Waals surface area contributed by atoms with Crippen LogP contribution in [0.5, 0.6) is 0 Å². The fraction of sp³-hybridized carbons (Fsp3) is 0.286.